The minimum atomic E-state index is -1.31. The molecule has 0 saturated carbocycles. The van der Waals surface area contributed by atoms with Crippen LogP contribution in [0.1, 0.15) is 22.0 Å². The van der Waals surface area contributed by atoms with E-state index in [0.29, 0.717) is 26.6 Å². The molecule has 2 aromatic heterocycles. The van der Waals surface area contributed by atoms with Crippen LogP contribution in [0.15, 0.2) is 108 Å². The number of nitrogens with zero attached hydrogens (tertiary/aromatic N) is 3. The molecule has 0 bridgehead atoms. The Labute approximate surface area is 230 Å². The summed E-state index contributed by atoms with van der Waals surface area (Å²) in [4.78, 5) is 46.3. The monoisotopic (exact) mass is 582 g/mol. The number of amides is 1. The molecule has 1 amide bonds. The van der Waals surface area contributed by atoms with Gasteiger partial charge in [0.05, 0.1) is 27.4 Å². The number of fused-ring (bicyclic) bond motifs is 1. The van der Waals surface area contributed by atoms with Gasteiger partial charge in [-0.1, -0.05) is 48.5 Å². The SMILES string of the molecule is O=C(OC(C(=O)Nc1ccc([N+](=O)[O-])cc1Br)c1ccccc1)c1cc(-c2ccncc2)nc2ccccc12. The summed E-state index contributed by atoms with van der Waals surface area (Å²) < 4.78 is 6.15. The molecule has 1 atom stereocenters. The summed E-state index contributed by atoms with van der Waals surface area (Å²) in [5.74, 6) is -1.34. The van der Waals surface area contributed by atoms with Crippen molar-refractivity contribution in [2.75, 3.05) is 5.32 Å². The summed E-state index contributed by atoms with van der Waals surface area (Å²) in [5.41, 5.74) is 2.77. The van der Waals surface area contributed by atoms with Crippen LogP contribution >= 0.6 is 15.9 Å². The third kappa shape index (κ3) is 5.65. The summed E-state index contributed by atoms with van der Waals surface area (Å²) in [6.45, 7) is 0. The van der Waals surface area contributed by atoms with E-state index in [1.807, 2.05) is 6.07 Å². The second kappa shape index (κ2) is 11.2. The Morgan fingerprint density at radius 3 is 2.36 bits per heavy atom. The second-order valence-electron chi connectivity index (χ2n) is 8.41. The van der Waals surface area contributed by atoms with E-state index < -0.39 is 22.9 Å². The lowest BCUT2D eigenvalue weighted by Crippen LogP contribution is -2.26. The molecule has 9 nitrogen and oxygen atoms in total. The van der Waals surface area contributed by atoms with Gasteiger partial charge in [0, 0.05) is 45.5 Å². The number of hydrogen-bond acceptors (Lipinski definition) is 7. The molecule has 5 aromatic rings. The van der Waals surface area contributed by atoms with Gasteiger partial charge in [0.15, 0.2) is 0 Å². The quantitative estimate of drug-likeness (QED) is 0.132. The van der Waals surface area contributed by atoms with Crippen LogP contribution in [-0.2, 0) is 9.53 Å². The zero-order valence-corrected chi connectivity index (χ0v) is 21.7. The molecule has 0 aliphatic carbocycles. The third-order valence-electron chi connectivity index (χ3n) is 5.90. The van der Waals surface area contributed by atoms with Crippen molar-refractivity contribution in [3.8, 4) is 11.3 Å². The van der Waals surface area contributed by atoms with Crippen molar-refractivity contribution in [2.24, 2.45) is 0 Å². The number of esters is 1. The fourth-order valence-corrected chi connectivity index (χ4v) is 4.47. The Balaban J connectivity index is 1.50. The number of rotatable bonds is 7. The van der Waals surface area contributed by atoms with Crippen molar-refractivity contribution in [3.05, 3.63) is 129 Å². The van der Waals surface area contributed by atoms with Gasteiger partial charge < -0.3 is 10.1 Å². The van der Waals surface area contributed by atoms with Gasteiger partial charge in [-0.25, -0.2) is 9.78 Å². The highest BCUT2D eigenvalue weighted by molar-refractivity contribution is 9.10. The van der Waals surface area contributed by atoms with Crippen LogP contribution in [0.5, 0.6) is 0 Å². The van der Waals surface area contributed by atoms with Crippen LogP contribution in [0, 0.1) is 10.1 Å². The maximum Gasteiger partial charge on any atom is 0.340 e. The Bertz CT molecular complexity index is 1700. The number of para-hydroxylation sites is 1. The van der Waals surface area contributed by atoms with E-state index in [1.54, 1.807) is 79.1 Å². The van der Waals surface area contributed by atoms with Crippen LogP contribution in [-0.4, -0.2) is 26.8 Å². The summed E-state index contributed by atoms with van der Waals surface area (Å²) in [5, 5.41) is 14.4. The van der Waals surface area contributed by atoms with Gasteiger partial charge in [-0.2, -0.15) is 0 Å². The van der Waals surface area contributed by atoms with Crippen molar-refractivity contribution < 1.29 is 19.2 Å². The van der Waals surface area contributed by atoms with Gasteiger partial charge >= 0.3 is 5.97 Å². The number of aromatic nitrogens is 2. The predicted octanol–water partition coefficient (Wildman–Crippen LogP) is 6.50. The molecular formula is C29H19BrN4O5. The molecule has 10 heteroatoms. The van der Waals surface area contributed by atoms with Gasteiger partial charge in [0.2, 0.25) is 6.10 Å². The number of carbonyl (C=O) groups is 2. The van der Waals surface area contributed by atoms with Crippen molar-refractivity contribution in [2.45, 2.75) is 6.10 Å². The van der Waals surface area contributed by atoms with Crippen LogP contribution in [0.25, 0.3) is 22.2 Å². The molecule has 1 N–H and O–H groups in total. The van der Waals surface area contributed by atoms with Crippen LogP contribution in [0.4, 0.5) is 11.4 Å². The first-order valence-corrected chi connectivity index (χ1v) is 12.5. The van der Waals surface area contributed by atoms with Gasteiger partial charge in [0.1, 0.15) is 0 Å². The molecule has 192 valence electrons. The lowest BCUT2D eigenvalue weighted by molar-refractivity contribution is -0.384. The van der Waals surface area contributed by atoms with Crippen LogP contribution in [0.2, 0.25) is 0 Å². The highest BCUT2D eigenvalue weighted by Crippen LogP contribution is 2.30. The molecular weight excluding hydrogens is 564 g/mol. The number of pyridine rings is 2. The number of ether oxygens (including phenoxy) is 1. The lowest BCUT2D eigenvalue weighted by atomic mass is 10.0. The minimum Gasteiger partial charge on any atom is -0.444 e. The fraction of sp³-hybridized carbons (Fsp3) is 0.0345. The Hall–Kier alpha value is -4.96. The number of nitro groups is 1. The number of benzene rings is 3. The summed E-state index contributed by atoms with van der Waals surface area (Å²) >= 11 is 3.26. The average Bonchev–Trinajstić information content (AvgIpc) is 2.97. The smallest absolute Gasteiger partial charge is 0.340 e. The van der Waals surface area contributed by atoms with Gasteiger partial charge in [-0.15, -0.1) is 0 Å². The molecule has 0 aliphatic rings. The van der Waals surface area contributed by atoms with Crippen molar-refractivity contribution in [1.29, 1.82) is 0 Å². The van der Waals surface area contributed by atoms with Gasteiger partial charge in [-0.05, 0) is 46.3 Å². The molecule has 0 radical (unpaired) electrons. The van der Waals surface area contributed by atoms with Gasteiger partial charge in [0.25, 0.3) is 11.6 Å². The number of nitrogens with one attached hydrogen (secondary N) is 1. The summed E-state index contributed by atoms with van der Waals surface area (Å²) in [6.07, 6.45) is 1.96. The third-order valence-corrected chi connectivity index (χ3v) is 6.55. The first-order valence-electron chi connectivity index (χ1n) is 11.7. The topological polar surface area (TPSA) is 124 Å². The Kier molecular flexibility index (Phi) is 7.37. The van der Waals surface area contributed by atoms with Crippen molar-refractivity contribution in [3.63, 3.8) is 0 Å². The van der Waals surface area contributed by atoms with E-state index in [4.69, 9.17) is 4.74 Å². The van der Waals surface area contributed by atoms with Crippen LogP contribution in [0.3, 0.4) is 0 Å². The first kappa shape index (κ1) is 25.7. The highest BCUT2D eigenvalue weighted by Gasteiger charge is 2.28. The van der Waals surface area contributed by atoms with E-state index in [-0.39, 0.29) is 16.9 Å². The number of hydrogen-bond donors (Lipinski definition) is 1. The molecule has 39 heavy (non-hydrogen) atoms. The molecule has 1 unspecified atom stereocenters. The Morgan fingerprint density at radius 2 is 1.64 bits per heavy atom. The maximum absolute atomic E-state index is 13.6. The molecule has 0 aliphatic heterocycles. The standard InChI is InChI=1S/C29H19BrN4O5/c30-23-16-20(34(37)38)10-11-25(23)33-28(35)27(19-6-2-1-3-7-19)39-29(36)22-17-26(18-12-14-31-15-13-18)32-24-9-5-4-8-21(22)24/h1-17,27H,(H,33,35). The van der Waals surface area contributed by atoms with E-state index in [2.05, 4.69) is 31.2 Å². The largest absolute Gasteiger partial charge is 0.444 e. The number of nitro benzene ring substituents is 1. The normalized spacial score (nSPS) is 11.5. The number of halogens is 1. The molecule has 2 heterocycles. The van der Waals surface area contributed by atoms with Crippen molar-refractivity contribution in [1.82, 2.24) is 9.97 Å². The molecule has 0 saturated heterocycles. The molecule has 0 fully saturated rings. The van der Waals surface area contributed by atoms with Crippen molar-refractivity contribution >= 4 is 50.1 Å². The number of non-ortho nitro benzene ring substituents is 1. The van der Waals surface area contributed by atoms with Crippen LogP contribution < -0.4 is 5.32 Å². The molecule has 5 rings (SSSR count). The highest BCUT2D eigenvalue weighted by atomic mass is 79.9. The lowest BCUT2D eigenvalue weighted by Gasteiger charge is -2.19. The van der Waals surface area contributed by atoms with E-state index in [9.17, 15) is 19.7 Å². The second-order valence-corrected chi connectivity index (χ2v) is 9.27. The predicted molar refractivity (Wildman–Crippen MR) is 149 cm³/mol. The minimum absolute atomic E-state index is 0.138. The molecule has 3 aromatic carbocycles. The molecule has 0 spiro atoms. The number of anilines is 1. The van der Waals surface area contributed by atoms with Gasteiger partial charge in [-0.3, -0.25) is 19.9 Å². The zero-order chi connectivity index (χ0) is 27.4. The fourth-order valence-electron chi connectivity index (χ4n) is 4.00. The van der Waals surface area contributed by atoms with E-state index >= 15 is 0 Å². The van der Waals surface area contributed by atoms with E-state index in [1.165, 1.54) is 18.2 Å². The van der Waals surface area contributed by atoms with E-state index in [0.717, 1.165) is 5.56 Å². The average molecular weight is 583 g/mol. The number of carbonyl (C=O) groups excluding carboxylic acids is 2. The maximum atomic E-state index is 13.6. The summed E-state index contributed by atoms with van der Waals surface area (Å²) in [7, 11) is 0. The first-order chi connectivity index (χ1) is 18.9. The zero-order valence-electron chi connectivity index (χ0n) is 20.2. The Morgan fingerprint density at radius 1 is 0.923 bits per heavy atom. The summed E-state index contributed by atoms with van der Waals surface area (Å²) in [6, 6.07) is 24.9.